The average Bonchev–Trinajstić information content (AvgIpc) is 2.23. The number of carbonyl (C=O) groups is 1. The number of Topliss-reactive ketones (excluding diaryl/α,β-unsaturated/α-hetero) is 1. The Labute approximate surface area is 97.3 Å². The summed E-state index contributed by atoms with van der Waals surface area (Å²) in [4.78, 5) is 11.3. The van der Waals surface area contributed by atoms with E-state index in [2.05, 4.69) is 0 Å². The van der Waals surface area contributed by atoms with Crippen molar-refractivity contribution in [2.75, 3.05) is 0 Å². The van der Waals surface area contributed by atoms with Crippen LogP contribution in [0.4, 0.5) is 0 Å². The number of carbonyl (C=O) groups excluding carboxylic acids is 1. The van der Waals surface area contributed by atoms with E-state index >= 15 is 0 Å². The van der Waals surface area contributed by atoms with Crippen molar-refractivity contribution in [1.82, 2.24) is 0 Å². The second-order valence-electron chi connectivity index (χ2n) is 4.21. The quantitative estimate of drug-likeness (QED) is 0.797. The fraction of sp³-hybridized carbons (Fsp3) is 0.500. The first-order valence-corrected chi connectivity index (χ1v) is 5.94. The average molecular weight is 220 g/mol. The highest BCUT2D eigenvalue weighted by Crippen LogP contribution is 2.22. The summed E-state index contributed by atoms with van der Waals surface area (Å²) in [6.45, 7) is 4.01. The second-order valence-corrected chi connectivity index (χ2v) is 4.21. The van der Waals surface area contributed by atoms with Gasteiger partial charge in [-0.25, -0.2) is 0 Å². The van der Waals surface area contributed by atoms with E-state index in [1.165, 1.54) is 0 Å². The summed E-state index contributed by atoms with van der Waals surface area (Å²) >= 11 is 0. The van der Waals surface area contributed by atoms with E-state index in [0.717, 1.165) is 30.4 Å². The Morgan fingerprint density at radius 2 is 2.06 bits per heavy atom. The van der Waals surface area contributed by atoms with Crippen molar-refractivity contribution in [3.8, 4) is 5.75 Å². The fourth-order valence-corrected chi connectivity index (χ4v) is 1.88. The summed E-state index contributed by atoms with van der Waals surface area (Å²) in [5.41, 5.74) is 2.08. The van der Waals surface area contributed by atoms with Crippen molar-refractivity contribution in [2.45, 2.75) is 46.0 Å². The number of aromatic hydroxyl groups is 1. The number of hydrogen-bond acceptors (Lipinski definition) is 2. The van der Waals surface area contributed by atoms with Gasteiger partial charge in [0.05, 0.1) is 0 Å². The number of benzene rings is 1. The Morgan fingerprint density at radius 1 is 1.31 bits per heavy atom. The summed E-state index contributed by atoms with van der Waals surface area (Å²) in [7, 11) is 0. The van der Waals surface area contributed by atoms with Gasteiger partial charge in [-0.15, -0.1) is 0 Å². The molecular formula is C14H20O2. The van der Waals surface area contributed by atoms with E-state index in [9.17, 15) is 9.90 Å². The van der Waals surface area contributed by atoms with Gasteiger partial charge in [-0.05, 0) is 43.4 Å². The van der Waals surface area contributed by atoms with Crippen LogP contribution in [0.2, 0.25) is 0 Å². The predicted octanol–water partition coefficient (Wildman–Crippen LogP) is 3.39. The van der Waals surface area contributed by atoms with Gasteiger partial charge in [0.15, 0.2) is 0 Å². The number of rotatable bonds is 6. The largest absolute Gasteiger partial charge is 0.508 e. The van der Waals surface area contributed by atoms with Crippen LogP contribution in [0.5, 0.6) is 5.75 Å². The highest BCUT2D eigenvalue weighted by Gasteiger charge is 2.06. The van der Waals surface area contributed by atoms with Crippen molar-refractivity contribution in [3.05, 3.63) is 29.3 Å². The summed E-state index contributed by atoms with van der Waals surface area (Å²) in [5.74, 6) is 0.679. The fourth-order valence-electron chi connectivity index (χ4n) is 1.88. The maximum absolute atomic E-state index is 11.3. The maximum Gasteiger partial charge on any atom is 0.132 e. The lowest BCUT2D eigenvalue weighted by Crippen LogP contribution is -1.99. The smallest absolute Gasteiger partial charge is 0.132 e. The number of ketones is 1. The molecule has 0 saturated heterocycles. The molecule has 88 valence electrons. The molecule has 1 aromatic carbocycles. The van der Waals surface area contributed by atoms with Crippen molar-refractivity contribution in [3.63, 3.8) is 0 Å². The summed E-state index contributed by atoms with van der Waals surface area (Å²) < 4.78 is 0. The third kappa shape index (κ3) is 3.69. The highest BCUT2D eigenvalue weighted by atomic mass is 16.3. The van der Waals surface area contributed by atoms with Gasteiger partial charge in [-0.2, -0.15) is 0 Å². The van der Waals surface area contributed by atoms with E-state index in [0.29, 0.717) is 24.4 Å². The summed E-state index contributed by atoms with van der Waals surface area (Å²) in [6.07, 6.45) is 3.85. The van der Waals surface area contributed by atoms with Crippen LogP contribution in [-0.2, 0) is 11.2 Å². The number of hydrogen-bond donors (Lipinski definition) is 1. The molecule has 1 N–H and O–H groups in total. The molecule has 0 amide bonds. The summed E-state index contributed by atoms with van der Waals surface area (Å²) in [6, 6.07) is 5.54. The van der Waals surface area contributed by atoms with Crippen LogP contribution in [0.3, 0.4) is 0 Å². The van der Waals surface area contributed by atoms with Gasteiger partial charge in [-0.3, -0.25) is 4.79 Å². The monoisotopic (exact) mass is 220 g/mol. The van der Waals surface area contributed by atoms with Crippen LogP contribution in [0.1, 0.15) is 43.7 Å². The first-order valence-electron chi connectivity index (χ1n) is 5.94. The van der Waals surface area contributed by atoms with Gasteiger partial charge in [0.25, 0.3) is 0 Å². The zero-order chi connectivity index (χ0) is 12.0. The molecule has 0 saturated carbocycles. The van der Waals surface area contributed by atoms with Crippen LogP contribution in [0, 0.1) is 6.92 Å². The lowest BCUT2D eigenvalue weighted by Gasteiger charge is -2.07. The summed E-state index contributed by atoms with van der Waals surface area (Å²) in [5, 5.41) is 9.68. The Kier molecular flexibility index (Phi) is 5.03. The Morgan fingerprint density at radius 3 is 2.69 bits per heavy atom. The van der Waals surface area contributed by atoms with E-state index in [1.54, 1.807) is 6.07 Å². The normalized spacial score (nSPS) is 10.4. The molecule has 2 heteroatoms. The predicted molar refractivity (Wildman–Crippen MR) is 65.7 cm³/mol. The lowest BCUT2D eigenvalue weighted by molar-refractivity contribution is -0.119. The minimum Gasteiger partial charge on any atom is -0.508 e. The van der Waals surface area contributed by atoms with E-state index in [-0.39, 0.29) is 0 Å². The molecule has 0 spiro atoms. The van der Waals surface area contributed by atoms with E-state index in [4.69, 9.17) is 0 Å². The minimum absolute atomic E-state index is 0.329. The highest BCUT2D eigenvalue weighted by molar-refractivity contribution is 5.78. The lowest BCUT2D eigenvalue weighted by atomic mass is 10.00. The van der Waals surface area contributed by atoms with Gasteiger partial charge in [0.1, 0.15) is 11.5 Å². The standard InChI is InChI=1S/C14H20O2/c1-3-6-12(15)8-5-9-13-11(2)7-4-10-14(13)16/h4,7,10,16H,3,5-6,8-9H2,1-2H3. The Bertz CT molecular complexity index is 336. The molecule has 0 atom stereocenters. The molecule has 0 fully saturated rings. The molecule has 0 aliphatic rings. The molecule has 1 rings (SSSR count). The molecule has 0 aromatic heterocycles. The Balaban J connectivity index is 2.46. The molecule has 16 heavy (non-hydrogen) atoms. The van der Waals surface area contributed by atoms with Crippen LogP contribution in [0.25, 0.3) is 0 Å². The minimum atomic E-state index is 0.329. The van der Waals surface area contributed by atoms with Crippen LogP contribution >= 0.6 is 0 Å². The third-order valence-electron chi connectivity index (χ3n) is 2.80. The molecule has 1 aromatic rings. The molecule has 0 bridgehead atoms. The van der Waals surface area contributed by atoms with Gasteiger partial charge in [0, 0.05) is 12.8 Å². The van der Waals surface area contributed by atoms with Crippen LogP contribution < -0.4 is 0 Å². The van der Waals surface area contributed by atoms with Crippen molar-refractivity contribution >= 4 is 5.78 Å². The first-order chi connectivity index (χ1) is 7.65. The van der Waals surface area contributed by atoms with Crippen molar-refractivity contribution < 1.29 is 9.90 Å². The van der Waals surface area contributed by atoms with Crippen molar-refractivity contribution in [2.24, 2.45) is 0 Å². The third-order valence-corrected chi connectivity index (χ3v) is 2.80. The van der Waals surface area contributed by atoms with Gasteiger partial charge in [-0.1, -0.05) is 19.1 Å². The molecule has 0 aliphatic carbocycles. The molecule has 0 radical (unpaired) electrons. The second kappa shape index (κ2) is 6.31. The zero-order valence-corrected chi connectivity index (χ0v) is 10.1. The van der Waals surface area contributed by atoms with Crippen LogP contribution in [0.15, 0.2) is 18.2 Å². The maximum atomic E-state index is 11.3. The van der Waals surface area contributed by atoms with E-state index < -0.39 is 0 Å². The van der Waals surface area contributed by atoms with Gasteiger partial charge in [0.2, 0.25) is 0 Å². The molecule has 0 heterocycles. The first kappa shape index (κ1) is 12.8. The van der Waals surface area contributed by atoms with Gasteiger partial charge >= 0.3 is 0 Å². The molecule has 2 nitrogen and oxygen atoms in total. The number of phenolic OH excluding ortho intramolecular Hbond substituents is 1. The number of phenols is 1. The molecule has 0 aliphatic heterocycles. The Hall–Kier alpha value is -1.31. The zero-order valence-electron chi connectivity index (χ0n) is 10.1. The van der Waals surface area contributed by atoms with Gasteiger partial charge < -0.3 is 5.11 Å². The van der Waals surface area contributed by atoms with Crippen molar-refractivity contribution in [1.29, 1.82) is 0 Å². The SMILES string of the molecule is CCCC(=O)CCCc1c(C)cccc1O. The number of aryl methyl sites for hydroxylation is 1. The van der Waals surface area contributed by atoms with Crippen LogP contribution in [-0.4, -0.2) is 10.9 Å². The molecule has 0 unspecified atom stereocenters. The van der Waals surface area contributed by atoms with E-state index in [1.807, 2.05) is 26.0 Å². The topological polar surface area (TPSA) is 37.3 Å². The molecular weight excluding hydrogens is 200 g/mol.